The molecular weight excluding hydrogens is 703 g/mol. The standard InChI is InChI=1S/C48H69NO7/c1-31(2)37-19-17-33(5)25-39(37)45-41(50)27-35(28-42(45)51)47(7,8)21-13-11-15-23-55-49(54)56-24-16-12-14-22-48(9,10)36-29-43(52)46(44(53)30-36)40-26-34(6)18-20-38(40)32(3)4/h25-30,37-40H,1,3,11-24H2,2,4-10H3,(H3-,50,51,52,53)/p+1/t37-,38-,39+,40+/m0/s1. The van der Waals surface area contributed by atoms with Gasteiger partial charge in [0.15, 0.2) is 13.2 Å². The smallest absolute Gasteiger partial charge is 0.477 e. The van der Waals surface area contributed by atoms with Gasteiger partial charge in [0.05, 0.1) is 0 Å². The van der Waals surface area contributed by atoms with Crippen LogP contribution in [0.25, 0.3) is 0 Å². The van der Waals surface area contributed by atoms with E-state index in [9.17, 15) is 25.3 Å². The van der Waals surface area contributed by atoms with Crippen LogP contribution in [0.4, 0.5) is 0 Å². The third-order valence-electron chi connectivity index (χ3n) is 12.5. The molecule has 0 bridgehead atoms. The molecule has 2 aliphatic rings. The van der Waals surface area contributed by atoms with Crippen molar-refractivity contribution in [2.75, 3.05) is 13.2 Å². The Balaban J connectivity index is 1.14. The number of benzene rings is 2. The molecule has 56 heavy (non-hydrogen) atoms. The number of rotatable bonds is 20. The first-order valence-electron chi connectivity index (χ1n) is 20.8. The van der Waals surface area contributed by atoms with E-state index in [1.165, 1.54) is 11.1 Å². The second-order valence-electron chi connectivity index (χ2n) is 18.2. The van der Waals surface area contributed by atoms with E-state index in [1.807, 2.05) is 38.1 Å². The van der Waals surface area contributed by atoms with Crippen molar-refractivity contribution in [2.45, 2.75) is 155 Å². The maximum absolute atomic E-state index is 12.1. The molecule has 4 N–H and O–H groups in total. The molecule has 0 saturated carbocycles. The summed E-state index contributed by atoms with van der Waals surface area (Å²) in [5, 5.41) is 44.7. The molecule has 0 aliphatic heterocycles. The highest BCUT2D eigenvalue weighted by atomic mass is 17.0. The SMILES string of the molecule is C=C(C)[C@@H]1CCC(C)=C[C@H]1c1c(O)cc(C(C)(C)CCCCCO[N+](=O)OCCCCCC(C)(C)c2cc(O)c([C@@H]3C=C(C)CC[C@H]3C(=C)C)c(O)c2)cc1O. The molecule has 2 aliphatic carbocycles. The first-order chi connectivity index (χ1) is 26.3. The number of nitrogens with zero attached hydrogens (tertiary/aromatic N) is 1. The van der Waals surface area contributed by atoms with E-state index in [2.05, 4.69) is 66.9 Å². The van der Waals surface area contributed by atoms with Crippen molar-refractivity contribution in [2.24, 2.45) is 11.8 Å². The zero-order chi connectivity index (χ0) is 41.4. The largest absolute Gasteiger partial charge is 0.507 e. The lowest BCUT2D eigenvalue weighted by Crippen LogP contribution is -2.19. The van der Waals surface area contributed by atoms with Crippen molar-refractivity contribution in [3.8, 4) is 23.0 Å². The van der Waals surface area contributed by atoms with Gasteiger partial charge in [0, 0.05) is 23.0 Å². The Morgan fingerprint density at radius 3 is 1.30 bits per heavy atom. The second kappa shape index (κ2) is 19.3. The van der Waals surface area contributed by atoms with Crippen molar-refractivity contribution < 1.29 is 35.2 Å². The highest BCUT2D eigenvalue weighted by molar-refractivity contribution is 5.54. The zero-order valence-electron chi connectivity index (χ0n) is 35.5. The summed E-state index contributed by atoms with van der Waals surface area (Å²) in [6.45, 7) is 25.6. The molecule has 0 fully saturated rings. The lowest BCUT2D eigenvalue weighted by molar-refractivity contribution is -0.981. The number of phenolic OH excluding ortho intramolecular Hbond substituents is 4. The summed E-state index contributed by atoms with van der Waals surface area (Å²) in [5.41, 5.74) is 7.09. The van der Waals surface area contributed by atoms with E-state index in [0.29, 0.717) is 24.0 Å². The van der Waals surface area contributed by atoms with Gasteiger partial charge in [-0.05, 0) is 150 Å². The van der Waals surface area contributed by atoms with Crippen LogP contribution in [0.2, 0.25) is 0 Å². The first kappa shape index (κ1) is 44.5. The molecule has 308 valence electrons. The molecular formula is C48H70NO7+. The third kappa shape index (κ3) is 11.4. The number of hydrogen-bond acceptors (Lipinski definition) is 7. The van der Waals surface area contributed by atoms with E-state index >= 15 is 0 Å². The zero-order valence-corrected chi connectivity index (χ0v) is 35.5. The van der Waals surface area contributed by atoms with Crippen molar-refractivity contribution >= 4 is 0 Å². The minimum atomic E-state index is -0.266. The van der Waals surface area contributed by atoms with Crippen molar-refractivity contribution in [3.63, 3.8) is 0 Å². The maximum Gasteiger partial charge on any atom is 0.477 e. The van der Waals surface area contributed by atoms with Crippen LogP contribution < -0.4 is 0 Å². The molecule has 0 spiro atoms. The lowest BCUT2D eigenvalue weighted by atomic mass is 9.72. The molecule has 0 amide bonds. The Morgan fingerprint density at radius 1 is 0.643 bits per heavy atom. The summed E-state index contributed by atoms with van der Waals surface area (Å²) in [7, 11) is 0. The van der Waals surface area contributed by atoms with Crippen LogP contribution in [0.1, 0.15) is 167 Å². The number of phenols is 4. The normalized spacial score (nSPS) is 20.2. The van der Waals surface area contributed by atoms with Crippen molar-refractivity contribution in [1.29, 1.82) is 0 Å². The molecule has 0 aromatic heterocycles. The summed E-state index contributed by atoms with van der Waals surface area (Å²) >= 11 is 0. The molecule has 0 radical (unpaired) electrons. The van der Waals surface area contributed by atoms with E-state index in [4.69, 9.17) is 9.68 Å². The van der Waals surface area contributed by atoms with Gasteiger partial charge in [-0.3, -0.25) is 0 Å². The Morgan fingerprint density at radius 2 is 0.982 bits per heavy atom. The van der Waals surface area contributed by atoms with Gasteiger partial charge in [-0.2, -0.15) is 9.68 Å². The number of unbranched alkanes of at least 4 members (excludes halogenated alkanes) is 4. The fourth-order valence-electron chi connectivity index (χ4n) is 8.82. The molecule has 0 saturated heterocycles. The van der Waals surface area contributed by atoms with Crippen LogP contribution in [-0.4, -0.2) is 38.7 Å². The Hall–Kier alpha value is -4.20. The molecule has 8 heteroatoms. The van der Waals surface area contributed by atoms with Crippen LogP contribution in [0.3, 0.4) is 0 Å². The summed E-state index contributed by atoms with van der Waals surface area (Å²) in [5.74, 6) is 0.713. The van der Waals surface area contributed by atoms with E-state index < -0.39 is 0 Å². The van der Waals surface area contributed by atoms with Crippen LogP contribution in [-0.2, 0) is 20.5 Å². The Labute approximate surface area is 336 Å². The predicted octanol–water partition coefficient (Wildman–Crippen LogP) is 12.6. The van der Waals surface area contributed by atoms with Crippen molar-refractivity contribution in [3.05, 3.63) is 99.0 Å². The van der Waals surface area contributed by atoms with E-state index in [-0.39, 0.29) is 75.8 Å². The minimum Gasteiger partial charge on any atom is -0.507 e. The van der Waals surface area contributed by atoms with E-state index in [0.717, 1.165) is 86.5 Å². The second-order valence-corrected chi connectivity index (χ2v) is 18.2. The van der Waals surface area contributed by atoms with Crippen molar-refractivity contribution in [1.82, 2.24) is 0 Å². The fourth-order valence-corrected chi connectivity index (χ4v) is 8.82. The summed E-state index contributed by atoms with van der Waals surface area (Å²) in [6.07, 6.45) is 14.9. The summed E-state index contributed by atoms with van der Waals surface area (Å²) < 4.78 is 0. The molecule has 2 aromatic rings. The van der Waals surface area contributed by atoms with Gasteiger partial charge in [0.2, 0.25) is 0 Å². The van der Waals surface area contributed by atoms with Crippen LogP contribution in [0.15, 0.2) is 71.9 Å². The predicted molar refractivity (Wildman–Crippen MR) is 226 cm³/mol. The molecule has 4 atom stereocenters. The maximum atomic E-state index is 12.1. The summed E-state index contributed by atoms with van der Waals surface area (Å²) in [6, 6.07) is 7.24. The Kier molecular flexibility index (Phi) is 15.3. The molecule has 4 rings (SSSR count). The topological polar surface area (TPSA) is 119 Å². The van der Waals surface area contributed by atoms with Gasteiger partial charge in [0.25, 0.3) is 0 Å². The average Bonchev–Trinajstić information content (AvgIpc) is 3.10. The molecule has 8 nitrogen and oxygen atoms in total. The molecule has 0 unspecified atom stereocenters. The highest BCUT2D eigenvalue weighted by Crippen LogP contribution is 2.49. The monoisotopic (exact) mass is 773 g/mol. The average molecular weight is 773 g/mol. The minimum absolute atomic E-state index is 0.0897. The Bertz CT molecular complexity index is 1610. The number of allylic oxidation sites excluding steroid dienone is 6. The van der Waals surface area contributed by atoms with Crippen LogP contribution in [0.5, 0.6) is 23.0 Å². The van der Waals surface area contributed by atoms with Gasteiger partial charge < -0.3 is 20.4 Å². The van der Waals surface area contributed by atoms with Gasteiger partial charge >= 0.3 is 5.09 Å². The highest BCUT2D eigenvalue weighted by Gasteiger charge is 2.33. The van der Waals surface area contributed by atoms with Gasteiger partial charge in [-0.1, -0.05) is 88.1 Å². The van der Waals surface area contributed by atoms with Crippen LogP contribution in [0, 0.1) is 16.7 Å². The van der Waals surface area contributed by atoms with Gasteiger partial charge in [-0.25, -0.2) is 0 Å². The third-order valence-corrected chi connectivity index (χ3v) is 12.5. The quantitative estimate of drug-likeness (QED) is 0.0601. The van der Waals surface area contributed by atoms with Crippen LogP contribution >= 0.6 is 0 Å². The lowest BCUT2D eigenvalue weighted by Gasteiger charge is -2.32. The number of aromatic hydroxyl groups is 4. The number of hydrogen-bond donors (Lipinski definition) is 4. The molecule has 2 aromatic carbocycles. The van der Waals surface area contributed by atoms with E-state index in [1.54, 1.807) is 0 Å². The van der Waals surface area contributed by atoms with Gasteiger partial charge in [-0.15, -0.1) is 0 Å². The first-order valence-corrected chi connectivity index (χ1v) is 20.8. The van der Waals surface area contributed by atoms with Gasteiger partial charge in [0.1, 0.15) is 27.9 Å². The fraction of sp³-hybridized carbons (Fsp3) is 0.583. The summed E-state index contributed by atoms with van der Waals surface area (Å²) in [4.78, 5) is 22.6. The molecule has 0 heterocycles.